The number of urea groups is 1. The molecule has 0 bridgehead atoms. The summed E-state index contributed by atoms with van der Waals surface area (Å²) in [6.45, 7) is -0.0375. The van der Waals surface area contributed by atoms with E-state index in [2.05, 4.69) is 15.5 Å². The number of hydrogen-bond donors (Lipinski definition) is 1. The van der Waals surface area contributed by atoms with Crippen LogP contribution in [0, 0.1) is 0 Å². The fraction of sp³-hybridized carbons (Fsp3) is 0.308. The molecule has 1 aliphatic heterocycles. The molecular formula is C13H10Cl2F3N5O. The molecule has 3 rings (SSSR count). The maximum absolute atomic E-state index is 12.8. The van der Waals surface area contributed by atoms with Crippen molar-refractivity contribution in [2.45, 2.75) is 19.3 Å². The van der Waals surface area contributed by atoms with Crippen LogP contribution in [0.2, 0.25) is 10.0 Å². The predicted molar refractivity (Wildman–Crippen MR) is 80.9 cm³/mol. The summed E-state index contributed by atoms with van der Waals surface area (Å²) in [6, 6.07) is 4.07. The minimum atomic E-state index is -4.58. The van der Waals surface area contributed by atoms with Gasteiger partial charge in [0, 0.05) is 18.1 Å². The molecule has 1 N–H and O–H groups in total. The van der Waals surface area contributed by atoms with Crippen LogP contribution < -0.4 is 5.32 Å². The zero-order chi connectivity index (χ0) is 17.5. The molecule has 1 aromatic heterocycles. The average molecular weight is 380 g/mol. The van der Waals surface area contributed by atoms with Gasteiger partial charge in [0.1, 0.15) is 0 Å². The third-order valence-corrected chi connectivity index (χ3v) is 4.01. The molecule has 2 aromatic rings. The summed E-state index contributed by atoms with van der Waals surface area (Å²) in [5.74, 6) is -0.982. The molecular weight excluding hydrogens is 370 g/mol. The normalized spacial score (nSPS) is 14.5. The predicted octanol–water partition coefficient (Wildman–Crippen LogP) is 3.65. The number of carbonyl (C=O) groups is 1. The summed E-state index contributed by atoms with van der Waals surface area (Å²) in [4.78, 5) is 13.6. The second-order valence-electron chi connectivity index (χ2n) is 5.07. The Labute approximate surface area is 144 Å². The number of anilines is 1. The Morgan fingerprint density at radius 1 is 1.21 bits per heavy atom. The Balaban J connectivity index is 1.73. The number of alkyl halides is 3. The lowest BCUT2D eigenvalue weighted by Crippen LogP contribution is -2.41. The second kappa shape index (κ2) is 6.14. The molecule has 2 amide bonds. The van der Waals surface area contributed by atoms with Crippen LogP contribution in [-0.4, -0.2) is 32.2 Å². The molecule has 0 atom stereocenters. The fourth-order valence-corrected chi connectivity index (χ4v) is 2.78. The molecule has 6 nitrogen and oxygen atoms in total. The van der Waals surface area contributed by atoms with Gasteiger partial charge in [-0.25, -0.2) is 4.79 Å². The molecule has 0 radical (unpaired) electrons. The van der Waals surface area contributed by atoms with Gasteiger partial charge >= 0.3 is 12.2 Å². The molecule has 0 fully saturated rings. The maximum Gasteiger partial charge on any atom is 0.451 e. The Bertz CT molecular complexity index is 792. The van der Waals surface area contributed by atoms with E-state index in [-0.39, 0.29) is 30.5 Å². The standard InChI is InChI=1S/C13H10Cl2F3N5O/c14-7-1-2-9(8(15)5-7)19-12(24)22-3-4-23-10(6-22)20-21-11(23)13(16,17)18/h1-2,5H,3-4,6H2,(H,19,24). The van der Waals surface area contributed by atoms with Gasteiger partial charge in [-0.3, -0.25) is 0 Å². The molecule has 24 heavy (non-hydrogen) atoms. The quantitative estimate of drug-likeness (QED) is 0.822. The summed E-state index contributed by atoms with van der Waals surface area (Å²) in [7, 11) is 0. The van der Waals surface area contributed by atoms with Crippen LogP contribution >= 0.6 is 23.2 Å². The third kappa shape index (κ3) is 3.27. The van der Waals surface area contributed by atoms with Gasteiger partial charge in [0.2, 0.25) is 5.82 Å². The summed E-state index contributed by atoms with van der Waals surface area (Å²) >= 11 is 11.8. The third-order valence-electron chi connectivity index (χ3n) is 3.47. The molecule has 0 saturated carbocycles. The van der Waals surface area contributed by atoms with Gasteiger partial charge in [-0.15, -0.1) is 10.2 Å². The van der Waals surface area contributed by atoms with E-state index < -0.39 is 18.0 Å². The number of carbonyl (C=O) groups excluding carboxylic acids is 1. The molecule has 1 aromatic carbocycles. The number of nitrogens with zero attached hydrogens (tertiary/aromatic N) is 4. The van der Waals surface area contributed by atoms with Crippen molar-refractivity contribution in [2.75, 3.05) is 11.9 Å². The van der Waals surface area contributed by atoms with Crippen LogP contribution in [0.1, 0.15) is 11.6 Å². The summed E-state index contributed by atoms with van der Waals surface area (Å²) in [6.07, 6.45) is -4.58. The van der Waals surface area contributed by atoms with Gasteiger partial charge in [-0.05, 0) is 18.2 Å². The Morgan fingerprint density at radius 3 is 2.62 bits per heavy atom. The first-order valence-corrected chi connectivity index (χ1v) is 7.51. The van der Waals surface area contributed by atoms with Gasteiger partial charge in [0.05, 0.1) is 17.3 Å². The largest absolute Gasteiger partial charge is 0.451 e. The lowest BCUT2D eigenvalue weighted by atomic mass is 10.3. The van der Waals surface area contributed by atoms with Crippen molar-refractivity contribution < 1.29 is 18.0 Å². The van der Waals surface area contributed by atoms with Crippen molar-refractivity contribution in [3.8, 4) is 0 Å². The van der Waals surface area contributed by atoms with E-state index in [1.807, 2.05) is 0 Å². The highest BCUT2D eigenvalue weighted by Gasteiger charge is 2.39. The Morgan fingerprint density at radius 2 is 1.96 bits per heavy atom. The van der Waals surface area contributed by atoms with E-state index in [9.17, 15) is 18.0 Å². The molecule has 11 heteroatoms. The van der Waals surface area contributed by atoms with Crippen molar-refractivity contribution in [1.82, 2.24) is 19.7 Å². The number of benzene rings is 1. The summed E-state index contributed by atoms with van der Waals surface area (Å²) in [5.41, 5.74) is 0.356. The zero-order valence-electron chi connectivity index (χ0n) is 11.9. The topological polar surface area (TPSA) is 63.1 Å². The second-order valence-corrected chi connectivity index (χ2v) is 5.91. The number of fused-ring (bicyclic) bond motifs is 1. The molecule has 1 aliphatic rings. The van der Waals surface area contributed by atoms with Crippen molar-refractivity contribution in [1.29, 1.82) is 0 Å². The summed E-state index contributed by atoms with van der Waals surface area (Å²) in [5, 5.41) is 9.96. The molecule has 2 heterocycles. The number of aromatic nitrogens is 3. The van der Waals surface area contributed by atoms with Crippen LogP contribution in [0.25, 0.3) is 0 Å². The van der Waals surface area contributed by atoms with Gasteiger partial charge in [-0.2, -0.15) is 13.2 Å². The van der Waals surface area contributed by atoms with E-state index in [1.165, 1.54) is 17.0 Å². The molecule has 0 unspecified atom stereocenters. The van der Waals surface area contributed by atoms with E-state index >= 15 is 0 Å². The van der Waals surface area contributed by atoms with Crippen molar-refractivity contribution in [3.05, 3.63) is 39.9 Å². The van der Waals surface area contributed by atoms with Crippen molar-refractivity contribution in [2.24, 2.45) is 0 Å². The smallest absolute Gasteiger partial charge is 0.315 e. The van der Waals surface area contributed by atoms with Crippen LogP contribution in [0.15, 0.2) is 18.2 Å². The zero-order valence-corrected chi connectivity index (χ0v) is 13.5. The highest BCUT2D eigenvalue weighted by Crippen LogP contribution is 2.30. The fourth-order valence-electron chi connectivity index (χ4n) is 2.33. The Kier molecular flexibility index (Phi) is 4.31. The van der Waals surface area contributed by atoms with E-state index in [0.717, 1.165) is 4.57 Å². The van der Waals surface area contributed by atoms with Gasteiger partial charge in [0.25, 0.3) is 0 Å². The number of halogens is 5. The van der Waals surface area contributed by atoms with Gasteiger partial charge < -0.3 is 14.8 Å². The van der Waals surface area contributed by atoms with Crippen LogP contribution in [0.3, 0.4) is 0 Å². The van der Waals surface area contributed by atoms with E-state index in [4.69, 9.17) is 23.2 Å². The molecule has 0 spiro atoms. The van der Waals surface area contributed by atoms with Crippen LogP contribution in [0.4, 0.5) is 23.7 Å². The average Bonchev–Trinajstić information content (AvgIpc) is 2.93. The molecule has 0 saturated heterocycles. The molecule has 128 valence electrons. The first kappa shape index (κ1) is 16.8. The van der Waals surface area contributed by atoms with Crippen LogP contribution in [-0.2, 0) is 19.3 Å². The first-order chi connectivity index (χ1) is 11.3. The monoisotopic (exact) mass is 379 g/mol. The first-order valence-electron chi connectivity index (χ1n) is 6.76. The van der Waals surface area contributed by atoms with E-state index in [1.54, 1.807) is 6.07 Å². The number of nitrogens with one attached hydrogen (secondary N) is 1. The SMILES string of the molecule is O=C(Nc1ccc(Cl)cc1Cl)N1CCn2c(nnc2C(F)(F)F)C1. The van der Waals surface area contributed by atoms with Gasteiger partial charge in [0.15, 0.2) is 5.82 Å². The number of rotatable bonds is 1. The maximum atomic E-state index is 12.8. The Hall–Kier alpha value is -2.00. The number of hydrogen-bond acceptors (Lipinski definition) is 3. The minimum absolute atomic E-state index is 0.0427. The van der Waals surface area contributed by atoms with Crippen molar-refractivity contribution in [3.63, 3.8) is 0 Å². The minimum Gasteiger partial charge on any atom is -0.315 e. The highest BCUT2D eigenvalue weighted by atomic mass is 35.5. The lowest BCUT2D eigenvalue weighted by Gasteiger charge is -2.28. The van der Waals surface area contributed by atoms with E-state index in [0.29, 0.717) is 10.7 Å². The van der Waals surface area contributed by atoms with Crippen LogP contribution in [0.5, 0.6) is 0 Å². The lowest BCUT2D eigenvalue weighted by molar-refractivity contribution is -0.147. The highest BCUT2D eigenvalue weighted by molar-refractivity contribution is 6.36. The molecule has 0 aliphatic carbocycles. The summed E-state index contributed by atoms with van der Waals surface area (Å²) < 4.78 is 39.3. The van der Waals surface area contributed by atoms with Crippen molar-refractivity contribution >= 4 is 34.9 Å². The van der Waals surface area contributed by atoms with Gasteiger partial charge in [-0.1, -0.05) is 23.2 Å². The number of amides is 2.